The number of fused-ring (bicyclic) bond motifs is 3. The fourth-order valence-electron chi connectivity index (χ4n) is 7.86. The Morgan fingerprint density at radius 3 is 2.67 bits per heavy atom. The number of hydrogen-bond acceptors (Lipinski definition) is 6. The van der Waals surface area contributed by atoms with Gasteiger partial charge in [0, 0.05) is 37.1 Å². The van der Waals surface area contributed by atoms with Crippen LogP contribution in [0.25, 0.3) is 0 Å². The van der Waals surface area contributed by atoms with Gasteiger partial charge in [-0.1, -0.05) is 42.8 Å². The average Bonchev–Trinajstić information content (AvgIpc) is 3.18. The predicted molar refractivity (Wildman–Crippen MR) is 180 cm³/mol. The van der Waals surface area contributed by atoms with Crippen LogP contribution in [0.3, 0.4) is 0 Å². The first kappa shape index (κ1) is 34.0. The van der Waals surface area contributed by atoms with E-state index in [-0.39, 0.29) is 29.2 Å². The van der Waals surface area contributed by atoms with Crippen molar-refractivity contribution in [3.8, 4) is 5.75 Å². The van der Waals surface area contributed by atoms with Crippen LogP contribution in [-0.4, -0.2) is 71.5 Å². The second-order valence-corrected chi connectivity index (χ2v) is 13.8. The van der Waals surface area contributed by atoms with E-state index in [1.54, 1.807) is 44.3 Å². The van der Waals surface area contributed by atoms with Gasteiger partial charge in [0.2, 0.25) is 5.91 Å². The van der Waals surface area contributed by atoms with Gasteiger partial charge >= 0.3 is 5.97 Å². The van der Waals surface area contributed by atoms with Gasteiger partial charge in [-0.05, 0) is 97.7 Å². The van der Waals surface area contributed by atoms with Crippen molar-refractivity contribution in [1.29, 1.82) is 0 Å². The van der Waals surface area contributed by atoms with E-state index in [0.29, 0.717) is 49.1 Å². The molecule has 0 aromatic heterocycles. The summed E-state index contributed by atoms with van der Waals surface area (Å²) in [6.07, 6.45) is 8.04. The number of amides is 1. The Bertz CT molecular complexity index is 1480. The number of hydrogen-bond donors (Lipinski definition) is 3. The van der Waals surface area contributed by atoms with Gasteiger partial charge in [0.25, 0.3) is 0 Å². The Kier molecular flexibility index (Phi) is 10.2. The van der Waals surface area contributed by atoms with Gasteiger partial charge in [0.05, 0.1) is 24.3 Å². The smallest absolute Gasteiger partial charge is 0.341 e. The third-order valence-corrected chi connectivity index (χ3v) is 10.9. The molecule has 2 aromatic rings. The van der Waals surface area contributed by atoms with Gasteiger partial charge in [-0.15, -0.1) is 13.2 Å². The van der Waals surface area contributed by atoms with Crippen LogP contribution in [0, 0.1) is 17.8 Å². The maximum Gasteiger partial charge on any atom is 0.341 e. The van der Waals surface area contributed by atoms with Crippen molar-refractivity contribution in [1.82, 2.24) is 4.90 Å². The predicted octanol–water partition coefficient (Wildman–Crippen LogP) is 5.72. The molecule has 248 valence electrons. The zero-order valence-electron chi connectivity index (χ0n) is 27.0. The van der Waals surface area contributed by atoms with Crippen molar-refractivity contribution in [2.75, 3.05) is 38.2 Å². The maximum atomic E-state index is 13.6. The highest BCUT2D eigenvalue weighted by Crippen LogP contribution is 2.48. The summed E-state index contributed by atoms with van der Waals surface area (Å²) in [7, 11) is 1.62. The summed E-state index contributed by atoms with van der Waals surface area (Å²) in [5.41, 5.74) is 0.419. The van der Waals surface area contributed by atoms with E-state index in [9.17, 15) is 24.9 Å². The van der Waals surface area contributed by atoms with E-state index in [0.717, 1.165) is 32.1 Å². The van der Waals surface area contributed by atoms with Crippen LogP contribution in [0.4, 0.5) is 5.69 Å². The molecule has 3 aliphatic rings. The number of benzene rings is 2. The molecule has 0 saturated heterocycles. The minimum atomic E-state index is -2.47. The molecule has 1 saturated carbocycles. The standard InChI is InChI=1S/C37H47ClN2O6/c1-5-8-18-39(4)34(42)29(6-2)37(45,35(43)44)26-12-16-33-31(20-26)40(21-25-11-14-28(25)32(41)7-3)22-36(23-46-33)17-9-10-24-19-27(38)13-15-30(24)36/h5,7,12-13,15-16,19-20,25,28-29,32,41,45H,1,3,6,8-11,14,17-18,21-23H2,2,4H3,(H,43,44)/t25-,28+,29?,32?,36-,37?/m0/s1. The normalized spacial score (nSPS) is 24.6. The number of halogens is 1. The molecular weight excluding hydrogens is 604 g/mol. The van der Waals surface area contributed by atoms with E-state index < -0.39 is 29.5 Å². The van der Waals surface area contributed by atoms with Crippen LogP contribution >= 0.6 is 11.6 Å². The van der Waals surface area contributed by atoms with E-state index in [1.165, 1.54) is 16.0 Å². The first-order chi connectivity index (χ1) is 22.0. The minimum Gasteiger partial charge on any atom is -0.490 e. The Balaban J connectivity index is 1.58. The van der Waals surface area contributed by atoms with Gasteiger partial charge < -0.3 is 29.9 Å². The van der Waals surface area contributed by atoms with Gasteiger partial charge in [0.15, 0.2) is 5.60 Å². The number of anilines is 1. The molecule has 1 spiro atoms. The van der Waals surface area contributed by atoms with E-state index in [2.05, 4.69) is 24.1 Å². The number of aryl methyl sites for hydroxylation is 1. The molecule has 5 rings (SSSR count). The molecule has 6 atom stereocenters. The Morgan fingerprint density at radius 2 is 2.02 bits per heavy atom. The lowest BCUT2D eigenvalue weighted by molar-refractivity contribution is -0.173. The summed E-state index contributed by atoms with van der Waals surface area (Å²) in [6.45, 7) is 11.3. The van der Waals surface area contributed by atoms with Crippen molar-refractivity contribution >= 4 is 29.2 Å². The lowest BCUT2D eigenvalue weighted by Gasteiger charge is -2.45. The van der Waals surface area contributed by atoms with Gasteiger partial charge in [0.1, 0.15) is 5.75 Å². The number of ether oxygens (including phenoxy) is 1. The Morgan fingerprint density at radius 1 is 1.24 bits per heavy atom. The second-order valence-electron chi connectivity index (χ2n) is 13.4. The molecule has 9 heteroatoms. The van der Waals surface area contributed by atoms with Crippen molar-refractivity contribution in [3.63, 3.8) is 0 Å². The number of carbonyl (C=O) groups is 2. The first-order valence-electron chi connectivity index (χ1n) is 16.4. The van der Waals surface area contributed by atoms with Gasteiger partial charge in [-0.3, -0.25) is 4.79 Å². The molecule has 3 N–H and O–H groups in total. The number of carbonyl (C=O) groups excluding carboxylic acids is 1. The molecule has 2 aliphatic carbocycles. The Labute approximate surface area is 277 Å². The molecular formula is C37H47ClN2O6. The van der Waals surface area contributed by atoms with Crippen molar-refractivity contribution in [2.45, 2.75) is 69.0 Å². The Hall–Kier alpha value is -3.33. The van der Waals surface area contributed by atoms with E-state index in [4.69, 9.17) is 16.3 Å². The number of nitrogens with zero attached hydrogens (tertiary/aromatic N) is 2. The van der Waals surface area contributed by atoms with Crippen molar-refractivity contribution in [3.05, 3.63) is 83.4 Å². The number of aliphatic hydroxyl groups is 2. The van der Waals surface area contributed by atoms with Gasteiger partial charge in [-0.2, -0.15) is 0 Å². The molecule has 2 aromatic carbocycles. The summed E-state index contributed by atoms with van der Waals surface area (Å²) in [5.74, 6) is -2.27. The number of aliphatic carboxylic acids is 1. The molecule has 0 radical (unpaired) electrons. The first-order valence-corrected chi connectivity index (χ1v) is 16.8. The lowest BCUT2D eigenvalue weighted by atomic mass is 9.68. The minimum absolute atomic E-state index is 0.0749. The quantitative estimate of drug-likeness (QED) is 0.252. The van der Waals surface area contributed by atoms with Crippen LogP contribution < -0.4 is 9.64 Å². The van der Waals surface area contributed by atoms with Gasteiger partial charge in [-0.25, -0.2) is 4.79 Å². The maximum absolute atomic E-state index is 13.6. The summed E-state index contributed by atoms with van der Waals surface area (Å²) < 4.78 is 6.58. The van der Waals surface area contributed by atoms with Crippen LogP contribution in [0.1, 0.15) is 62.1 Å². The molecule has 46 heavy (non-hydrogen) atoms. The highest BCUT2D eigenvalue weighted by Gasteiger charge is 2.51. The third-order valence-electron chi connectivity index (χ3n) is 10.7. The van der Waals surface area contributed by atoms with E-state index >= 15 is 0 Å². The molecule has 8 nitrogen and oxygen atoms in total. The van der Waals surface area contributed by atoms with Crippen LogP contribution in [0.15, 0.2) is 61.7 Å². The SMILES string of the molecule is C=CCCN(C)C(=O)C(CC)C(O)(C(=O)O)c1ccc2c(c1)N(C[C@@H]1CC[C@H]1C(O)C=C)C[C@@]1(CCCc3cc(Cl)ccc31)CO2. The lowest BCUT2D eigenvalue weighted by Crippen LogP contribution is -2.50. The largest absolute Gasteiger partial charge is 0.490 e. The van der Waals surface area contributed by atoms with Crippen LogP contribution in [0.5, 0.6) is 5.75 Å². The summed E-state index contributed by atoms with van der Waals surface area (Å²) in [4.78, 5) is 30.2. The fourth-order valence-corrected chi connectivity index (χ4v) is 8.06. The fraction of sp³-hybridized carbons (Fsp3) is 0.514. The molecule has 3 unspecified atom stereocenters. The monoisotopic (exact) mass is 650 g/mol. The molecule has 1 heterocycles. The summed E-state index contributed by atoms with van der Waals surface area (Å²) in [5, 5.41) is 33.9. The van der Waals surface area contributed by atoms with E-state index in [1.807, 2.05) is 12.1 Å². The zero-order chi connectivity index (χ0) is 33.2. The molecule has 0 bridgehead atoms. The topological polar surface area (TPSA) is 111 Å². The second kappa shape index (κ2) is 13.8. The van der Waals surface area contributed by atoms with Crippen molar-refractivity contribution < 1.29 is 29.6 Å². The number of carboxylic acids is 1. The number of rotatable bonds is 12. The third kappa shape index (κ3) is 6.19. The average molecular weight is 651 g/mol. The summed E-state index contributed by atoms with van der Waals surface area (Å²) in [6, 6.07) is 11.1. The van der Waals surface area contributed by atoms with Crippen LogP contribution in [-0.2, 0) is 27.0 Å². The molecule has 1 aliphatic heterocycles. The molecule has 1 amide bonds. The van der Waals surface area contributed by atoms with Crippen LogP contribution in [0.2, 0.25) is 5.02 Å². The molecule has 1 fully saturated rings. The van der Waals surface area contributed by atoms with Crippen molar-refractivity contribution in [2.24, 2.45) is 17.8 Å². The highest BCUT2D eigenvalue weighted by molar-refractivity contribution is 6.30. The number of aliphatic hydroxyl groups excluding tert-OH is 1. The highest BCUT2D eigenvalue weighted by atomic mass is 35.5. The summed E-state index contributed by atoms with van der Waals surface area (Å²) >= 11 is 6.41. The zero-order valence-corrected chi connectivity index (χ0v) is 27.7. The number of carboxylic acid groups (broad SMARTS) is 1.